The Morgan fingerprint density at radius 2 is 1.67 bits per heavy atom. The third-order valence-electron chi connectivity index (χ3n) is 3.02. The summed E-state index contributed by atoms with van der Waals surface area (Å²) in [7, 11) is 0. The first-order chi connectivity index (χ1) is 8.28. The van der Waals surface area contributed by atoms with Crippen LogP contribution in [0.3, 0.4) is 0 Å². The van der Waals surface area contributed by atoms with Crippen molar-refractivity contribution in [1.29, 1.82) is 0 Å². The summed E-state index contributed by atoms with van der Waals surface area (Å²) >= 11 is 0. The second kappa shape index (κ2) is 6.17. The minimum absolute atomic E-state index is 0.229. The summed E-state index contributed by atoms with van der Waals surface area (Å²) in [6, 6.07) is 8.13. The summed E-state index contributed by atoms with van der Waals surface area (Å²) < 4.78 is 0. The zero-order valence-electron chi connectivity index (χ0n) is 12.4. The third-order valence-corrected chi connectivity index (χ3v) is 3.02. The maximum absolute atomic E-state index is 12.0. The number of hydrogen-bond acceptors (Lipinski definition) is 1. The van der Waals surface area contributed by atoms with Gasteiger partial charge in [-0.15, -0.1) is 0 Å². The molecule has 18 heavy (non-hydrogen) atoms. The van der Waals surface area contributed by atoms with Gasteiger partial charge in [-0.3, -0.25) is 4.79 Å². The van der Waals surface area contributed by atoms with Crippen molar-refractivity contribution in [2.45, 2.75) is 53.9 Å². The number of Topliss-reactive ketones (excluding diaryl/α,β-unsaturated/α-hetero) is 1. The topological polar surface area (TPSA) is 17.1 Å². The highest BCUT2D eigenvalue weighted by molar-refractivity contribution is 5.96. The minimum atomic E-state index is 0.229. The van der Waals surface area contributed by atoms with Crippen LogP contribution in [0.25, 0.3) is 0 Å². The highest BCUT2D eigenvalue weighted by Gasteiger charge is 2.14. The van der Waals surface area contributed by atoms with Crippen LogP contribution >= 0.6 is 0 Å². The number of carbonyl (C=O) groups excluding carboxylic acids is 1. The molecule has 100 valence electrons. The molecule has 0 radical (unpaired) electrons. The monoisotopic (exact) mass is 246 g/mol. The van der Waals surface area contributed by atoms with Crippen molar-refractivity contribution in [3.63, 3.8) is 0 Å². The Bertz CT molecular complexity index is 379. The van der Waals surface area contributed by atoms with Gasteiger partial charge in [0, 0.05) is 12.0 Å². The SMILES string of the molecule is CC(C)Cc1ccc(C(=O)CCC(C)(C)C)cc1. The molecule has 0 N–H and O–H groups in total. The first-order valence-electron chi connectivity index (χ1n) is 6.90. The van der Waals surface area contributed by atoms with Crippen molar-refractivity contribution in [1.82, 2.24) is 0 Å². The van der Waals surface area contributed by atoms with Gasteiger partial charge in [0.25, 0.3) is 0 Å². The molecule has 0 atom stereocenters. The molecule has 1 rings (SSSR count). The Hall–Kier alpha value is -1.11. The molecule has 1 heteroatoms. The average molecular weight is 246 g/mol. The van der Waals surface area contributed by atoms with E-state index in [2.05, 4.69) is 46.8 Å². The number of hydrogen-bond donors (Lipinski definition) is 0. The lowest BCUT2D eigenvalue weighted by atomic mass is 9.88. The molecule has 0 amide bonds. The van der Waals surface area contributed by atoms with E-state index < -0.39 is 0 Å². The lowest BCUT2D eigenvalue weighted by Gasteiger charge is -2.17. The fraction of sp³-hybridized carbons (Fsp3) is 0.588. The lowest BCUT2D eigenvalue weighted by molar-refractivity contribution is 0.0966. The van der Waals surface area contributed by atoms with E-state index in [0.717, 1.165) is 18.4 Å². The van der Waals surface area contributed by atoms with Crippen LogP contribution < -0.4 is 0 Å². The summed E-state index contributed by atoms with van der Waals surface area (Å²) in [4.78, 5) is 12.0. The van der Waals surface area contributed by atoms with Crippen molar-refractivity contribution in [2.75, 3.05) is 0 Å². The van der Waals surface area contributed by atoms with E-state index in [1.54, 1.807) is 0 Å². The highest BCUT2D eigenvalue weighted by Crippen LogP contribution is 2.22. The molecule has 0 aromatic heterocycles. The molecule has 0 spiro atoms. The molecule has 0 unspecified atom stereocenters. The van der Waals surface area contributed by atoms with E-state index in [4.69, 9.17) is 0 Å². The molecule has 0 aliphatic rings. The largest absolute Gasteiger partial charge is 0.294 e. The summed E-state index contributed by atoms with van der Waals surface area (Å²) in [6.07, 6.45) is 2.67. The second-order valence-electron chi connectivity index (χ2n) is 6.78. The molecule has 1 aromatic rings. The van der Waals surface area contributed by atoms with E-state index in [1.165, 1.54) is 5.56 Å². The van der Waals surface area contributed by atoms with Crippen molar-refractivity contribution < 1.29 is 4.79 Å². The van der Waals surface area contributed by atoms with Gasteiger partial charge < -0.3 is 0 Å². The Morgan fingerprint density at radius 3 is 2.11 bits per heavy atom. The maximum Gasteiger partial charge on any atom is 0.162 e. The van der Waals surface area contributed by atoms with E-state index >= 15 is 0 Å². The zero-order valence-corrected chi connectivity index (χ0v) is 12.4. The van der Waals surface area contributed by atoms with Crippen LogP contribution in [0, 0.1) is 11.3 Å². The van der Waals surface area contributed by atoms with Crippen molar-refractivity contribution in [2.24, 2.45) is 11.3 Å². The molecule has 0 saturated carbocycles. The number of rotatable bonds is 5. The summed E-state index contributed by atoms with van der Waals surface area (Å²) in [5, 5.41) is 0. The van der Waals surface area contributed by atoms with Crippen molar-refractivity contribution in [3.05, 3.63) is 35.4 Å². The van der Waals surface area contributed by atoms with Crippen LogP contribution in [0.2, 0.25) is 0 Å². The van der Waals surface area contributed by atoms with Crippen molar-refractivity contribution >= 4 is 5.78 Å². The predicted octanol–water partition coefficient (Wildman–Crippen LogP) is 4.89. The van der Waals surface area contributed by atoms with E-state index in [1.807, 2.05) is 12.1 Å². The molecule has 0 aliphatic heterocycles. The van der Waals surface area contributed by atoms with Crippen LogP contribution in [-0.4, -0.2) is 5.78 Å². The normalized spacial score (nSPS) is 11.9. The van der Waals surface area contributed by atoms with Gasteiger partial charge >= 0.3 is 0 Å². The first kappa shape index (κ1) is 14.9. The van der Waals surface area contributed by atoms with E-state index in [0.29, 0.717) is 12.3 Å². The maximum atomic E-state index is 12.0. The van der Waals surface area contributed by atoms with Gasteiger partial charge in [0.2, 0.25) is 0 Å². The minimum Gasteiger partial charge on any atom is -0.294 e. The van der Waals surface area contributed by atoms with Crippen molar-refractivity contribution in [3.8, 4) is 0 Å². The Balaban J connectivity index is 2.59. The van der Waals surface area contributed by atoms with Crippen LogP contribution in [0.1, 0.15) is 63.4 Å². The molecular formula is C17H26O. The smallest absolute Gasteiger partial charge is 0.162 e. The highest BCUT2D eigenvalue weighted by atomic mass is 16.1. The summed E-state index contributed by atoms with van der Waals surface area (Å²) in [5.41, 5.74) is 2.40. The van der Waals surface area contributed by atoms with Gasteiger partial charge in [0.05, 0.1) is 0 Å². The quantitative estimate of drug-likeness (QED) is 0.676. The molecule has 1 aromatic carbocycles. The second-order valence-corrected chi connectivity index (χ2v) is 6.78. The van der Waals surface area contributed by atoms with E-state index in [-0.39, 0.29) is 11.2 Å². The van der Waals surface area contributed by atoms with Gasteiger partial charge in [-0.1, -0.05) is 58.9 Å². The number of benzene rings is 1. The Labute approximate surface area is 112 Å². The molecule has 0 heterocycles. The van der Waals surface area contributed by atoms with Gasteiger partial charge in [0.15, 0.2) is 5.78 Å². The van der Waals surface area contributed by atoms with Crippen LogP contribution in [0.4, 0.5) is 0 Å². The molecule has 1 nitrogen and oxygen atoms in total. The summed E-state index contributed by atoms with van der Waals surface area (Å²) in [5.74, 6) is 0.925. The number of ketones is 1. The average Bonchev–Trinajstić information content (AvgIpc) is 2.25. The molecule has 0 bridgehead atoms. The number of carbonyl (C=O) groups is 1. The summed E-state index contributed by atoms with van der Waals surface area (Å²) in [6.45, 7) is 10.9. The molecule has 0 aliphatic carbocycles. The fourth-order valence-corrected chi connectivity index (χ4v) is 1.93. The van der Waals surface area contributed by atoms with Crippen LogP contribution in [0.15, 0.2) is 24.3 Å². The third kappa shape index (κ3) is 5.48. The Morgan fingerprint density at radius 1 is 1.11 bits per heavy atom. The molecular weight excluding hydrogens is 220 g/mol. The van der Waals surface area contributed by atoms with Crippen LogP contribution in [0.5, 0.6) is 0 Å². The fourth-order valence-electron chi connectivity index (χ4n) is 1.93. The first-order valence-corrected chi connectivity index (χ1v) is 6.90. The molecule has 0 fully saturated rings. The Kier molecular flexibility index (Phi) is 5.13. The van der Waals surface area contributed by atoms with Gasteiger partial charge in [0.1, 0.15) is 0 Å². The van der Waals surface area contributed by atoms with E-state index in [9.17, 15) is 4.79 Å². The standard InChI is InChI=1S/C17H26O/c1-13(2)12-14-6-8-15(9-7-14)16(18)10-11-17(3,4)5/h6-9,13H,10-12H2,1-5H3. The van der Waals surface area contributed by atoms with Gasteiger partial charge in [-0.05, 0) is 29.7 Å². The zero-order chi connectivity index (χ0) is 13.8. The van der Waals surface area contributed by atoms with Gasteiger partial charge in [-0.25, -0.2) is 0 Å². The van der Waals surface area contributed by atoms with Gasteiger partial charge in [-0.2, -0.15) is 0 Å². The predicted molar refractivity (Wildman–Crippen MR) is 78.0 cm³/mol. The molecule has 0 saturated heterocycles. The lowest BCUT2D eigenvalue weighted by Crippen LogP contribution is -2.09. The van der Waals surface area contributed by atoms with Crippen LogP contribution in [-0.2, 0) is 6.42 Å².